The van der Waals surface area contributed by atoms with Crippen LogP contribution >= 0.6 is 0 Å². The van der Waals surface area contributed by atoms with Crippen LogP contribution in [0.3, 0.4) is 0 Å². The van der Waals surface area contributed by atoms with Gasteiger partial charge in [-0.2, -0.15) is 0 Å². The zero-order chi connectivity index (χ0) is 14.4. The number of ether oxygens (including phenoxy) is 1. The average Bonchev–Trinajstić information content (AvgIpc) is 2.37. The molecule has 5 heteroatoms. The summed E-state index contributed by atoms with van der Waals surface area (Å²) < 4.78 is 5.05. The Labute approximate surface area is 111 Å². The minimum Gasteiger partial charge on any atom is -0.508 e. The molecule has 0 aliphatic heterocycles. The van der Waals surface area contributed by atoms with Crippen LogP contribution in [-0.2, 0) is 20.7 Å². The summed E-state index contributed by atoms with van der Waals surface area (Å²) in [4.78, 5) is 22.9. The zero-order valence-electron chi connectivity index (χ0n) is 11.0. The number of phenols is 1. The lowest BCUT2D eigenvalue weighted by Crippen LogP contribution is -2.30. The molecule has 0 heterocycles. The fourth-order valence-electron chi connectivity index (χ4n) is 1.50. The topological polar surface area (TPSA) is 83.8 Å². The lowest BCUT2D eigenvalue weighted by Gasteiger charge is -2.15. The number of aliphatic carboxylic acids is 1. The molecule has 0 radical (unpaired) electrons. The van der Waals surface area contributed by atoms with Crippen LogP contribution in [0.2, 0.25) is 0 Å². The number of rotatable bonds is 6. The molecule has 2 N–H and O–H groups in total. The predicted molar refractivity (Wildman–Crippen MR) is 68.8 cm³/mol. The van der Waals surface area contributed by atoms with Crippen LogP contribution in [0.15, 0.2) is 24.3 Å². The minimum absolute atomic E-state index is 0.0465. The second-order valence-corrected chi connectivity index (χ2v) is 4.42. The molecule has 1 rings (SSSR count). The molecule has 0 fully saturated rings. The molecule has 1 aromatic rings. The van der Waals surface area contributed by atoms with E-state index in [-0.39, 0.29) is 18.3 Å². The monoisotopic (exact) mass is 266 g/mol. The van der Waals surface area contributed by atoms with Crippen molar-refractivity contribution in [2.75, 3.05) is 0 Å². The Hall–Kier alpha value is -2.04. The van der Waals surface area contributed by atoms with Crippen molar-refractivity contribution in [3.63, 3.8) is 0 Å². The number of aromatic hydroxyl groups is 1. The Morgan fingerprint density at radius 2 is 1.84 bits per heavy atom. The third kappa shape index (κ3) is 4.62. The first-order chi connectivity index (χ1) is 8.93. The molecule has 0 saturated carbocycles. The van der Waals surface area contributed by atoms with E-state index in [9.17, 15) is 9.59 Å². The number of carboxylic acids is 1. The molecule has 104 valence electrons. The van der Waals surface area contributed by atoms with E-state index in [1.165, 1.54) is 12.1 Å². The van der Waals surface area contributed by atoms with E-state index in [1.54, 1.807) is 19.1 Å². The highest BCUT2D eigenvalue weighted by Gasteiger charge is 2.29. The molecule has 0 saturated heterocycles. The van der Waals surface area contributed by atoms with Crippen molar-refractivity contribution in [3.05, 3.63) is 29.8 Å². The van der Waals surface area contributed by atoms with Crippen LogP contribution < -0.4 is 0 Å². The van der Waals surface area contributed by atoms with Gasteiger partial charge in [-0.05, 0) is 37.5 Å². The highest BCUT2D eigenvalue weighted by Crippen LogP contribution is 2.16. The van der Waals surface area contributed by atoms with Crippen molar-refractivity contribution in [1.82, 2.24) is 0 Å². The molecule has 2 unspecified atom stereocenters. The van der Waals surface area contributed by atoms with Gasteiger partial charge in [-0.15, -0.1) is 0 Å². The van der Waals surface area contributed by atoms with Crippen LogP contribution in [-0.4, -0.2) is 28.3 Å². The number of hydrogen-bond acceptors (Lipinski definition) is 4. The average molecular weight is 266 g/mol. The molecule has 0 aromatic heterocycles. The molecule has 1 aromatic carbocycles. The lowest BCUT2D eigenvalue weighted by molar-refractivity contribution is -0.161. The van der Waals surface area contributed by atoms with Crippen molar-refractivity contribution in [3.8, 4) is 5.75 Å². The summed E-state index contributed by atoms with van der Waals surface area (Å²) in [5.41, 5.74) is 0.659. The first-order valence-electron chi connectivity index (χ1n) is 6.15. The van der Waals surface area contributed by atoms with E-state index >= 15 is 0 Å². The van der Waals surface area contributed by atoms with E-state index in [0.29, 0.717) is 12.0 Å². The molecule has 0 aliphatic rings. The fourth-order valence-corrected chi connectivity index (χ4v) is 1.50. The Morgan fingerprint density at radius 3 is 2.32 bits per heavy atom. The summed E-state index contributed by atoms with van der Waals surface area (Å²) in [6, 6.07) is 6.08. The first kappa shape index (κ1) is 15.0. The Morgan fingerprint density at radius 1 is 1.26 bits per heavy atom. The van der Waals surface area contributed by atoms with E-state index in [1.807, 2.05) is 6.92 Å². The summed E-state index contributed by atoms with van der Waals surface area (Å²) in [7, 11) is 0. The lowest BCUT2D eigenvalue weighted by atomic mass is 9.99. The number of benzene rings is 1. The van der Waals surface area contributed by atoms with Gasteiger partial charge in [0.1, 0.15) is 5.75 Å². The molecule has 19 heavy (non-hydrogen) atoms. The summed E-state index contributed by atoms with van der Waals surface area (Å²) in [5.74, 6) is -3.06. The summed E-state index contributed by atoms with van der Waals surface area (Å²) in [6.45, 7) is 3.57. The normalized spacial score (nSPS) is 13.6. The maximum Gasteiger partial charge on any atom is 0.320 e. The molecule has 0 spiro atoms. The Balaban J connectivity index is 2.75. The number of hydrogen-bond donors (Lipinski definition) is 2. The highest BCUT2D eigenvalue weighted by atomic mass is 16.5. The van der Waals surface area contributed by atoms with E-state index < -0.39 is 17.9 Å². The van der Waals surface area contributed by atoms with Crippen LogP contribution in [0.25, 0.3) is 0 Å². The van der Waals surface area contributed by atoms with Gasteiger partial charge in [0, 0.05) is 0 Å². The van der Waals surface area contributed by atoms with E-state index in [2.05, 4.69) is 0 Å². The van der Waals surface area contributed by atoms with Crippen LogP contribution in [0.5, 0.6) is 5.75 Å². The van der Waals surface area contributed by atoms with Crippen LogP contribution in [0.1, 0.15) is 25.8 Å². The molecule has 5 nitrogen and oxygen atoms in total. The van der Waals surface area contributed by atoms with Gasteiger partial charge in [-0.3, -0.25) is 9.59 Å². The number of phenolic OH excluding ortho intramolecular Hbond substituents is 1. The maximum absolute atomic E-state index is 11.8. The quantitative estimate of drug-likeness (QED) is 0.607. The highest BCUT2D eigenvalue weighted by molar-refractivity contribution is 5.94. The van der Waals surface area contributed by atoms with Gasteiger partial charge >= 0.3 is 11.9 Å². The number of carboxylic acid groups (broad SMARTS) is 1. The largest absolute Gasteiger partial charge is 0.508 e. The second-order valence-electron chi connectivity index (χ2n) is 4.42. The summed E-state index contributed by atoms with van der Waals surface area (Å²) >= 11 is 0. The zero-order valence-corrected chi connectivity index (χ0v) is 11.0. The maximum atomic E-state index is 11.8. The van der Waals surface area contributed by atoms with E-state index in [4.69, 9.17) is 14.9 Å². The van der Waals surface area contributed by atoms with Crippen molar-refractivity contribution in [1.29, 1.82) is 0 Å². The number of esters is 1. The SMILES string of the molecule is CCC(C)OC(=O)C(Cc1ccc(O)cc1)C(=O)O. The third-order valence-electron chi connectivity index (χ3n) is 2.85. The number of carbonyl (C=O) groups is 2. The standard InChI is InChI=1S/C14H18O5/c1-3-9(2)19-14(18)12(13(16)17)8-10-4-6-11(15)7-5-10/h4-7,9,12,15H,3,8H2,1-2H3,(H,16,17). The molecule has 2 atom stereocenters. The Kier molecular flexibility index (Phi) is 5.36. The van der Waals surface area contributed by atoms with Gasteiger partial charge in [0.25, 0.3) is 0 Å². The third-order valence-corrected chi connectivity index (χ3v) is 2.85. The summed E-state index contributed by atoms with van der Waals surface area (Å²) in [5, 5.41) is 18.2. The van der Waals surface area contributed by atoms with Crippen LogP contribution in [0, 0.1) is 5.92 Å². The molecular formula is C14H18O5. The second kappa shape index (κ2) is 6.78. The van der Waals surface area contributed by atoms with Gasteiger partial charge in [0.2, 0.25) is 0 Å². The predicted octanol–water partition coefficient (Wildman–Crippen LogP) is 1.98. The molecule has 0 aliphatic carbocycles. The Bertz CT molecular complexity index is 438. The van der Waals surface area contributed by atoms with Gasteiger partial charge in [-0.1, -0.05) is 19.1 Å². The van der Waals surface area contributed by atoms with Gasteiger partial charge < -0.3 is 14.9 Å². The van der Waals surface area contributed by atoms with Gasteiger partial charge in [0.15, 0.2) is 5.92 Å². The van der Waals surface area contributed by atoms with Crippen molar-refractivity contribution in [2.24, 2.45) is 5.92 Å². The first-order valence-corrected chi connectivity index (χ1v) is 6.15. The van der Waals surface area contributed by atoms with Crippen molar-refractivity contribution < 1.29 is 24.5 Å². The van der Waals surface area contributed by atoms with Crippen LogP contribution in [0.4, 0.5) is 0 Å². The smallest absolute Gasteiger partial charge is 0.320 e. The minimum atomic E-state index is -1.22. The molecule has 0 amide bonds. The van der Waals surface area contributed by atoms with Crippen molar-refractivity contribution in [2.45, 2.75) is 32.8 Å². The summed E-state index contributed by atoms with van der Waals surface area (Å²) in [6.07, 6.45) is 0.386. The fraction of sp³-hybridized carbons (Fsp3) is 0.429. The van der Waals surface area contributed by atoms with Crippen molar-refractivity contribution >= 4 is 11.9 Å². The number of carbonyl (C=O) groups excluding carboxylic acids is 1. The van der Waals surface area contributed by atoms with Gasteiger partial charge in [-0.25, -0.2) is 0 Å². The molecule has 0 bridgehead atoms. The van der Waals surface area contributed by atoms with Gasteiger partial charge in [0.05, 0.1) is 6.10 Å². The van der Waals surface area contributed by atoms with E-state index in [0.717, 1.165) is 0 Å². The molecular weight excluding hydrogens is 248 g/mol.